The highest BCUT2D eigenvalue weighted by molar-refractivity contribution is 6.30. The molecule has 0 bridgehead atoms. The number of halogens is 1. The third-order valence-corrected chi connectivity index (χ3v) is 6.16. The number of ether oxygens (including phenoxy) is 3. The Morgan fingerprint density at radius 2 is 1.69 bits per heavy atom. The summed E-state index contributed by atoms with van der Waals surface area (Å²) in [7, 11) is 3.11. The predicted molar refractivity (Wildman–Crippen MR) is 139 cm³/mol. The van der Waals surface area contributed by atoms with E-state index >= 15 is 0 Å². The zero-order chi connectivity index (χ0) is 25.3. The normalized spacial score (nSPS) is 13.8. The van der Waals surface area contributed by atoms with Crippen LogP contribution in [-0.4, -0.2) is 24.7 Å². The largest absolute Gasteiger partial charge is 0.496 e. The Balaban J connectivity index is 1.87. The van der Waals surface area contributed by atoms with E-state index in [0.717, 1.165) is 33.5 Å². The van der Waals surface area contributed by atoms with Crippen LogP contribution in [0.3, 0.4) is 0 Å². The first-order chi connectivity index (χ1) is 16.6. The van der Waals surface area contributed by atoms with E-state index in [4.69, 9.17) is 25.8 Å². The van der Waals surface area contributed by atoms with Crippen LogP contribution < -0.4 is 19.5 Å². The molecule has 0 radical (unpaired) electrons. The summed E-state index contributed by atoms with van der Waals surface area (Å²) in [6.07, 6.45) is 2.18. The molecule has 4 rings (SSSR count). The average Bonchev–Trinajstić information content (AvgIpc) is 2.81. The van der Waals surface area contributed by atoms with Crippen LogP contribution in [0.4, 0.5) is 11.4 Å². The Morgan fingerprint density at radius 3 is 2.37 bits per heavy atom. The molecule has 0 unspecified atom stereocenters. The molecule has 7 nitrogen and oxygen atoms in total. The molecule has 0 amide bonds. The van der Waals surface area contributed by atoms with Crippen molar-refractivity contribution < 1.29 is 19.1 Å². The van der Waals surface area contributed by atoms with Crippen molar-refractivity contribution in [2.24, 2.45) is 0 Å². The fraction of sp³-hybridized carbons (Fsp3) is 0.259. The Kier molecular flexibility index (Phi) is 6.63. The van der Waals surface area contributed by atoms with Crippen LogP contribution >= 0.6 is 11.6 Å². The first-order valence-electron chi connectivity index (χ1n) is 11.1. The Bertz CT molecular complexity index is 1330. The Hall–Kier alpha value is -3.71. The van der Waals surface area contributed by atoms with Crippen molar-refractivity contribution in [1.82, 2.24) is 0 Å². The zero-order valence-corrected chi connectivity index (χ0v) is 21.0. The molecule has 0 spiro atoms. The number of hydrogen-bond donors (Lipinski definition) is 1. The summed E-state index contributed by atoms with van der Waals surface area (Å²) < 4.78 is 17.2. The molecule has 1 heterocycles. The van der Waals surface area contributed by atoms with Gasteiger partial charge in [-0.3, -0.25) is 10.1 Å². The van der Waals surface area contributed by atoms with E-state index in [0.29, 0.717) is 22.3 Å². The van der Waals surface area contributed by atoms with E-state index in [1.807, 2.05) is 18.2 Å². The summed E-state index contributed by atoms with van der Waals surface area (Å²) in [5, 5.41) is 15.5. The van der Waals surface area contributed by atoms with E-state index in [-0.39, 0.29) is 17.8 Å². The summed E-state index contributed by atoms with van der Waals surface area (Å²) >= 11 is 6.21. The van der Waals surface area contributed by atoms with E-state index in [1.165, 1.54) is 25.3 Å². The summed E-state index contributed by atoms with van der Waals surface area (Å²) in [6, 6.07) is 13.9. The topological polar surface area (TPSA) is 82.9 Å². The van der Waals surface area contributed by atoms with Gasteiger partial charge in [0, 0.05) is 33.5 Å². The molecule has 3 aromatic rings. The molecule has 1 aliphatic heterocycles. The summed E-state index contributed by atoms with van der Waals surface area (Å²) in [5.74, 6) is 1.34. The first-order valence-corrected chi connectivity index (χ1v) is 11.4. The second kappa shape index (κ2) is 9.50. The van der Waals surface area contributed by atoms with Gasteiger partial charge in [-0.1, -0.05) is 23.7 Å². The lowest BCUT2D eigenvalue weighted by Gasteiger charge is -2.33. The molecule has 182 valence electrons. The molecule has 0 saturated carbocycles. The van der Waals surface area contributed by atoms with Gasteiger partial charge in [0.1, 0.15) is 12.4 Å². The van der Waals surface area contributed by atoms with E-state index in [2.05, 4.69) is 38.2 Å². The van der Waals surface area contributed by atoms with E-state index in [9.17, 15) is 10.1 Å². The lowest BCUT2D eigenvalue weighted by molar-refractivity contribution is -0.385. The fourth-order valence-corrected chi connectivity index (χ4v) is 4.69. The highest BCUT2D eigenvalue weighted by atomic mass is 35.5. The number of fused-ring (bicyclic) bond motifs is 1. The molecule has 1 N–H and O–H groups in total. The Labute approximate surface area is 209 Å². The van der Waals surface area contributed by atoms with Crippen LogP contribution in [0.1, 0.15) is 31.9 Å². The van der Waals surface area contributed by atoms with Gasteiger partial charge in [0.15, 0.2) is 11.5 Å². The lowest BCUT2D eigenvalue weighted by atomic mass is 9.85. The summed E-state index contributed by atoms with van der Waals surface area (Å²) in [6.45, 7) is 6.44. The number of nitrogens with zero attached hydrogens (tertiary/aromatic N) is 1. The minimum atomic E-state index is -0.459. The van der Waals surface area contributed by atoms with E-state index < -0.39 is 4.92 Å². The van der Waals surface area contributed by atoms with Crippen LogP contribution in [0.2, 0.25) is 5.02 Å². The molecule has 0 atom stereocenters. The number of nitro groups is 1. The maximum atomic E-state index is 11.3. The first kappa shape index (κ1) is 24.4. The number of non-ortho nitro benzene ring substituents is 1. The van der Waals surface area contributed by atoms with Crippen LogP contribution in [0.5, 0.6) is 17.2 Å². The van der Waals surface area contributed by atoms with Crippen molar-refractivity contribution in [2.75, 3.05) is 19.5 Å². The van der Waals surface area contributed by atoms with Gasteiger partial charge < -0.3 is 19.5 Å². The molecule has 35 heavy (non-hydrogen) atoms. The molecule has 1 aliphatic rings. The monoisotopic (exact) mass is 494 g/mol. The van der Waals surface area contributed by atoms with Crippen LogP contribution in [0.25, 0.3) is 16.7 Å². The van der Waals surface area contributed by atoms with Gasteiger partial charge in [-0.25, -0.2) is 0 Å². The van der Waals surface area contributed by atoms with Crippen molar-refractivity contribution in [3.63, 3.8) is 0 Å². The van der Waals surface area contributed by atoms with Gasteiger partial charge in [0.2, 0.25) is 0 Å². The molecular weight excluding hydrogens is 468 g/mol. The van der Waals surface area contributed by atoms with Crippen LogP contribution in [-0.2, 0) is 6.61 Å². The summed E-state index contributed by atoms with van der Waals surface area (Å²) in [4.78, 5) is 10.9. The van der Waals surface area contributed by atoms with Crippen molar-refractivity contribution >= 4 is 28.5 Å². The number of allylic oxidation sites excluding steroid dienone is 1. The minimum absolute atomic E-state index is 0.0741. The van der Waals surface area contributed by atoms with Gasteiger partial charge in [-0.05, 0) is 62.2 Å². The molecule has 0 fully saturated rings. The number of nitrogens with one attached hydrogen (secondary N) is 1. The smallest absolute Gasteiger partial charge is 0.273 e. The van der Waals surface area contributed by atoms with Gasteiger partial charge in [-0.2, -0.15) is 0 Å². The quantitative estimate of drug-likeness (QED) is 0.278. The highest BCUT2D eigenvalue weighted by Gasteiger charge is 2.27. The standard InChI is InChI=1S/C27H27ClN2O5/c1-16-14-27(2,3)29-22-10-9-19(20-8-6-17(28)12-24(20)34-5)21(26(16)22)15-35-25-13-18(30(31)32)7-11-23(25)33-4/h6-14,29H,15H2,1-5H3. The number of hydrogen-bond acceptors (Lipinski definition) is 6. The second-order valence-electron chi connectivity index (χ2n) is 8.91. The van der Waals surface area contributed by atoms with E-state index in [1.54, 1.807) is 13.2 Å². The minimum Gasteiger partial charge on any atom is -0.496 e. The second-order valence-corrected chi connectivity index (χ2v) is 9.35. The lowest BCUT2D eigenvalue weighted by Crippen LogP contribution is -2.32. The van der Waals surface area contributed by atoms with Crippen LogP contribution in [0, 0.1) is 10.1 Å². The van der Waals surface area contributed by atoms with Gasteiger partial charge in [0.25, 0.3) is 5.69 Å². The van der Waals surface area contributed by atoms with Crippen LogP contribution in [0.15, 0.2) is 54.6 Å². The Morgan fingerprint density at radius 1 is 0.971 bits per heavy atom. The summed E-state index contributed by atoms with van der Waals surface area (Å²) in [5.41, 5.74) is 5.50. The van der Waals surface area contributed by atoms with Crippen molar-refractivity contribution in [3.05, 3.63) is 80.9 Å². The molecule has 0 aromatic heterocycles. The third kappa shape index (κ3) is 4.91. The van der Waals surface area contributed by atoms with Gasteiger partial charge in [0.05, 0.1) is 30.7 Å². The molecule has 0 saturated heterocycles. The highest BCUT2D eigenvalue weighted by Crippen LogP contribution is 2.43. The zero-order valence-electron chi connectivity index (χ0n) is 20.3. The number of nitro benzene ring substituents is 1. The van der Waals surface area contributed by atoms with Gasteiger partial charge >= 0.3 is 0 Å². The molecular formula is C27H27ClN2O5. The number of methoxy groups -OCH3 is 2. The predicted octanol–water partition coefficient (Wildman–Crippen LogP) is 7.12. The van der Waals surface area contributed by atoms with Gasteiger partial charge in [-0.15, -0.1) is 0 Å². The number of benzene rings is 3. The average molecular weight is 495 g/mol. The van der Waals surface area contributed by atoms with Crippen molar-refractivity contribution in [1.29, 1.82) is 0 Å². The molecule has 8 heteroatoms. The van der Waals surface area contributed by atoms with Crippen molar-refractivity contribution in [2.45, 2.75) is 32.9 Å². The molecule has 3 aromatic carbocycles. The fourth-order valence-electron chi connectivity index (χ4n) is 4.53. The third-order valence-electron chi connectivity index (χ3n) is 5.93. The maximum absolute atomic E-state index is 11.3. The SMILES string of the molecule is COc1ccc([N+](=O)[O-])cc1OCc1c(-c2ccc(Cl)cc2OC)ccc2c1C(C)=CC(C)(C)N2. The maximum Gasteiger partial charge on any atom is 0.273 e. The molecule has 0 aliphatic carbocycles. The van der Waals surface area contributed by atoms with Crippen molar-refractivity contribution in [3.8, 4) is 28.4 Å². The number of rotatable bonds is 7. The number of anilines is 1.